The molecule has 2 aromatic carbocycles. The maximum Gasteiger partial charge on any atom is 0.268 e. The Bertz CT molecular complexity index is 1290. The van der Waals surface area contributed by atoms with E-state index in [1.807, 2.05) is 12.1 Å². The van der Waals surface area contributed by atoms with Crippen LogP contribution in [0, 0.1) is 0 Å². The van der Waals surface area contributed by atoms with E-state index in [1.54, 1.807) is 18.2 Å². The van der Waals surface area contributed by atoms with E-state index in [-0.39, 0.29) is 11.8 Å². The first-order chi connectivity index (χ1) is 18.0. The molecule has 3 heterocycles. The molecule has 1 saturated heterocycles. The number of hydrogen-bond acceptors (Lipinski definition) is 8. The maximum absolute atomic E-state index is 13.0. The predicted octanol–water partition coefficient (Wildman–Crippen LogP) is 4.88. The minimum absolute atomic E-state index is 0.229. The molecule has 0 unspecified atom stereocenters. The molecule has 0 bridgehead atoms. The molecule has 1 amide bonds. The van der Waals surface area contributed by atoms with Gasteiger partial charge in [-0.2, -0.15) is 4.98 Å². The summed E-state index contributed by atoms with van der Waals surface area (Å²) in [6.45, 7) is 9.59. The first kappa shape index (κ1) is 25.7. The molecule has 0 aliphatic carbocycles. The number of carbonyl (C=O) groups is 1. The van der Waals surface area contributed by atoms with Crippen molar-refractivity contribution in [2.75, 3.05) is 56.5 Å². The second-order valence-corrected chi connectivity index (χ2v) is 10.1. The highest BCUT2D eigenvalue weighted by atomic mass is 79.9. The van der Waals surface area contributed by atoms with E-state index >= 15 is 0 Å². The fourth-order valence-electron chi connectivity index (χ4n) is 4.30. The van der Waals surface area contributed by atoms with Crippen molar-refractivity contribution in [2.45, 2.75) is 13.5 Å². The Hall–Kier alpha value is -2.92. The number of rotatable bonds is 7. The normalized spacial score (nSPS) is 15.9. The van der Waals surface area contributed by atoms with Crippen LogP contribution < -0.4 is 20.1 Å². The minimum atomic E-state index is -0.278. The van der Waals surface area contributed by atoms with Crippen molar-refractivity contribution in [1.29, 1.82) is 0 Å². The number of aromatic nitrogens is 2. The summed E-state index contributed by atoms with van der Waals surface area (Å²) in [6, 6.07) is 10.8. The summed E-state index contributed by atoms with van der Waals surface area (Å²) in [5.41, 5.74) is 2.28. The van der Waals surface area contributed by atoms with Crippen molar-refractivity contribution in [2.24, 2.45) is 0 Å². The maximum atomic E-state index is 13.0. The van der Waals surface area contributed by atoms with Crippen LogP contribution in [0.4, 0.5) is 11.5 Å². The molecule has 1 aromatic heterocycles. The Morgan fingerprint density at radius 2 is 1.97 bits per heavy atom. The molecule has 0 saturated carbocycles. The summed E-state index contributed by atoms with van der Waals surface area (Å²) in [5.74, 6) is 1.21. The predicted molar refractivity (Wildman–Crippen MR) is 147 cm³/mol. The molecule has 3 aromatic rings. The summed E-state index contributed by atoms with van der Waals surface area (Å²) < 4.78 is 12.5. The van der Waals surface area contributed by atoms with Gasteiger partial charge in [-0.05, 0) is 42.4 Å². The number of halogens is 2. The van der Waals surface area contributed by atoms with E-state index in [4.69, 9.17) is 21.1 Å². The third-order valence-electron chi connectivity index (χ3n) is 6.43. The van der Waals surface area contributed by atoms with Crippen LogP contribution in [0.1, 0.15) is 22.8 Å². The topological polar surface area (TPSA) is 91.9 Å². The van der Waals surface area contributed by atoms with Crippen molar-refractivity contribution in [3.05, 3.63) is 63.3 Å². The largest absolute Gasteiger partial charge is 0.483 e. The number of carbonyl (C=O) groups excluding carboxylic acids is 1. The van der Waals surface area contributed by atoms with E-state index in [1.165, 1.54) is 11.9 Å². The van der Waals surface area contributed by atoms with Gasteiger partial charge >= 0.3 is 0 Å². The van der Waals surface area contributed by atoms with Crippen LogP contribution in [-0.2, 0) is 6.54 Å². The van der Waals surface area contributed by atoms with Crippen molar-refractivity contribution in [1.82, 2.24) is 19.8 Å². The van der Waals surface area contributed by atoms with Crippen LogP contribution in [0.3, 0.4) is 0 Å². The summed E-state index contributed by atoms with van der Waals surface area (Å²) in [6.07, 6.45) is 1.38. The lowest BCUT2D eigenvalue weighted by molar-refractivity contribution is 0.102. The summed E-state index contributed by atoms with van der Waals surface area (Å²) in [4.78, 5) is 26.3. The van der Waals surface area contributed by atoms with Crippen LogP contribution in [0.5, 0.6) is 17.4 Å². The smallest absolute Gasteiger partial charge is 0.268 e. The molecule has 37 heavy (non-hydrogen) atoms. The Balaban J connectivity index is 1.25. The number of piperazine rings is 1. The molecule has 194 valence electrons. The van der Waals surface area contributed by atoms with E-state index < -0.39 is 0 Å². The van der Waals surface area contributed by atoms with E-state index in [0.717, 1.165) is 43.7 Å². The number of ether oxygens (including phenoxy) is 2. The molecular formula is C26H28BrClN6O3. The average molecular weight is 588 g/mol. The monoisotopic (exact) mass is 586 g/mol. The molecule has 0 spiro atoms. The van der Waals surface area contributed by atoms with E-state index in [9.17, 15) is 4.79 Å². The molecule has 5 rings (SSSR count). The first-order valence-corrected chi connectivity index (χ1v) is 13.4. The van der Waals surface area contributed by atoms with Crippen LogP contribution in [0.15, 0.2) is 47.2 Å². The molecule has 2 aliphatic heterocycles. The van der Waals surface area contributed by atoms with Gasteiger partial charge in [-0.3, -0.25) is 9.69 Å². The highest BCUT2D eigenvalue weighted by Crippen LogP contribution is 2.38. The number of likely N-dealkylation sites (N-methyl/N-ethyl adjacent to an activating group) is 1. The number of fused-ring (bicyclic) bond motifs is 1. The quantitative estimate of drug-likeness (QED) is 0.404. The van der Waals surface area contributed by atoms with Gasteiger partial charge in [-0.25, -0.2) is 4.98 Å². The second kappa shape index (κ2) is 11.6. The standard InChI is InChI=1S/C26H28BrClN6O3/c1-2-33-8-10-34(11-9-33)15-18-3-5-19(14-20(18)27)32-25(35)17-4-6-21(28)22(13-17)37-26-23-24(30-16-31-26)29-7-12-36-23/h3-6,13-14,16H,2,7-12,15H2,1H3,(H,32,35)(H,29,30,31). The Morgan fingerprint density at radius 1 is 1.16 bits per heavy atom. The average Bonchev–Trinajstić information content (AvgIpc) is 2.92. The fraction of sp³-hybridized carbons (Fsp3) is 0.346. The van der Waals surface area contributed by atoms with Crippen LogP contribution >= 0.6 is 27.5 Å². The van der Waals surface area contributed by atoms with Crippen LogP contribution in [-0.4, -0.2) is 71.6 Å². The van der Waals surface area contributed by atoms with Gasteiger partial charge in [0.2, 0.25) is 5.75 Å². The Kier molecular flexibility index (Phi) is 8.09. The number of hydrogen-bond donors (Lipinski definition) is 2. The van der Waals surface area contributed by atoms with Gasteiger partial charge in [0.05, 0.1) is 11.6 Å². The van der Waals surface area contributed by atoms with Gasteiger partial charge in [0, 0.05) is 48.4 Å². The molecule has 11 heteroatoms. The Morgan fingerprint density at radius 3 is 2.76 bits per heavy atom. The van der Waals surface area contributed by atoms with Gasteiger partial charge < -0.3 is 25.0 Å². The van der Waals surface area contributed by atoms with E-state index in [2.05, 4.69) is 59.3 Å². The lowest BCUT2D eigenvalue weighted by Gasteiger charge is -2.34. The van der Waals surface area contributed by atoms with E-state index in [0.29, 0.717) is 46.7 Å². The van der Waals surface area contributed by atoms with Crippen molar-refractivity contribution in [3.63, 3.8) is 0 Å². The zero-order chi connectivity index (χ0) is 25.8. The van der Waals surface area contributed by atoms with Gasteiger partial charge in [0.15, 0.2) is 5.82 Å². The van der Waals surface area contributed by atoms with Crippen LogP contribution in [0.25, 0.3) is 0 Å². The van der Waals surface area contributed by atoms with Gasteiger partial charge in [-0.1, -0.05) is 40.5 Å². The van der Waals surface area contributed by atoms with Crippen molar-refractivity contribution >= 4 is 44.9 Å². The summed E-state index contributed by atoms with van der Waals surface area (Å²) in [5, 5.41) is 6.44. The number of benzene rings is 2. The van der Waals surface area contributed by atoms with Gasteiger partial charge in [0.25, 0.3) is 11.8 Å². The number of anilines is 2. The molecule has 2 N–H and O–H groups in total. The van der Waals surface area contributed by atoms with Crippen molar-refractivity contribution < 1.29 is 14.3 Å². The number of nitrogens with one attached hydrogen (secondary N) is 2. The first-order valence-electron chi connectivity index (χ1n) is 12.2. The van der Waals surface area contributed by atoms with Gasteiger partial charge in [-0.15, -0.1) is 0 Å². The highest BCUT2D eigenvalue weighted by molar-refractivity contribution is 9.10. The summed E-state index contributed by atoms with van der Waals surface area (Å²) >= 11 is 10.0. The lowest BCUT2D eigenvalue weighted by Crippen LogP contribution is -2.45. The Labute approximate surface area is 229 Å². The van der Waals surface area contributed by atoms with Gasteiger partial charge in [0.1, 0.15) is 18.7 Å². The van der Waals surface area contributed by atoms with Crippen LogP contribution in [0.2, 0.25) is 5.02 Å². The number of nitrogens with zero attached hydrogens (tertiary/aromatic N) is 4. The SMILES string of the molecule is CCN1CCN(Cc2ccc(NC(=O)c3ccc(Cl)c(Oc4ncnc5c4OCCN5)c3)cc2Br)CC1. The van der Waals surface area contributed by atoms with Crippen molar-refractivity contribution in [3.8, 4) is 17.4 Å². The number of amides is 1. The third kappa shape index (κ3) is 6.15. The minimum Gasteiger partial charge on any atom is -0.483 e. The zero-order valence-electron chi connectivity index (χ0n) is 20.5. The molecule has 9 nitrogen and oxygen atoms in total. The molecule has 2 aliphatic rings. The fourth-order valence-corrected chi connectivity index (χ4v) is 4.96. The molecule has 1 fully saturated rings. The molecular weight excluding hydrogens is 560 g/mol. The second-order valence-electron chi connectivity index (χ2n) is 8.85. The molecule has 0 radical (unpaired) electrons. The molecule has 0 atom stereocenters. The third-order valence-corrected chi connectivity index (χ3v) is 7.48. The lowest BCUT2D eigenvalue weighted by atomic mass is 10.1. The zero-order valence-corrected chi connectivity index (χ0v) is 22.8. The highest BCUT2D eigenvalue weighted by Gasteiger charge is 2.21. The summed E-state index contributed by atoms with van der Waals surface area (Å²) in [7, 11) is 0.